The van der Waals surface area contributed by atoms with E-state index in [0.29, 0.717) is 17.5 Å². The van der Waals surface area contributed by atoms with Crippen LogP contribution in [0.2, 0.25) is 0 Å². The van der Waals surface area contributed by atoms with E-state index in [9.17, 15) is 0 Å². The lowest BCUT2D eigenvalue weighted by Crippen LogP contribution is -2.74. The third kappa shape index (κ3) is 7.23. The summed E-state index contributed by atoms with van der Waals surface area (Å²) in [5, 5.41) is 7.32. The van der Waals surface area contributed by atoms with Gasteiger partial charge in [0.1, 0.15) is 11.2 Å². The molecular weight excluding hydrogens is 843 g/mol. The maximum Gasteiger partial charge on any atom is 0.179 e. The lowest BCUT2D eigenvalue weighted by molar-refractivity contribution is 0.669. The van der Waals surface area contributed by atoms with Crippen LogP contribution < -0.4 is 20.7 Å². The van der Waals surface area contributed by atoms with Crippen LogP contribution in [0.1, 0.15) is 0 Å². The van der Waals surface area contributed by atoms with Gasteiger partial charge in [0.15, 0.2) is 25.5 Å². The second-order valence-corrected chi connectivity index (χ2v) is 20.9. The minimum absolute atomic E-state index is 0.538. The smallest absolute Gasteiger partial charge is 0.179 e. The Labute approximate surface area is 396 Å². The summed E-state index contributed by atoms with van der Waals surface area (Å²) in [5.74, 6) is 1.68. The van der Waals surface area contributed by atoms with E-state index < -0.39 is 8.07 Å². The maximum atomic E-state index is 6.61. The zero-order chi connectivity index (χ0) is 45.3. The first-order valence-electron chi connectivity index (χ1n) is 23.0. The molecule has 0 aliphatic heterocycles. The van der Waals surface area contributed by atoms with E-state index in [1.54, 1.807) is 0 Å². The van der Waals surface area contributed by atoms with Crippen LogP contribution in [0.25, 0.3) is 89.5 Å². The molecule has 2 heterocycles. The normalized spacial score (nSPS) is 11.5. The van der Waals surface area contributed by atoms with Crippen molar-refractivity contribution in [1.82, 2.24) is 15.0 Å². The zero-order valence-electron chi connectivity index (χ0n) is 37.1. The van der Waals surface area contributed by atoms with Gasteiger partial charge in [0.2, 0.25) is 0 Å². The van der Waals surface area contributed by atoms with Crippen molar-refractivity contribution in [2.75, 3.05) is 0 Å². The first kappa shape index (κ1) is 40.7. The van der Waals surface area contributed by atoms with Crippen molar-refractivity contribution in [2.24, 2.45) is 0 Å². The van der Waals surface area contributed by atoms with Gasteiger partial charge < -0.3 is 4.42 Å². The monoisotopic (exact) mass is 885 g/mol. The molecular formula is C63H43N3OSi. The molecule has 0 fully saturated rings. The predicted molar refractivity (Wildman–Crippen MR) is 283 cm³/mol. The van der Waals surface area contributed by atoms with E-state index in [1.807, 2.05) is 36.4 Å². The molecule has 0 saturated carbocycles. The standard InChI is InChI=1S/C63H43N3OSi/c1-7-23-44(24-8-1)48-42-56(47-29-21-36-52(41-47)68(49-30-13-4-14-31-49,50-32-15-5-16-33-50)51-34-17-6-18-35-51)59(45-25-9-2-10-26-45)57(43-48)63-65-61(46-27-11-3-12-28-46)64-62(66-63)55-39-22-38-54-53-37-19-20-40-58(53)67-60(54)55/h1-43H. The predicted octanol–water partition coefficient (Wildman–Crippen LogP) is 13.2. The van der Waals surface area contributed by atoms with E-state index in [0.717, 1.165) is 72.0 Å². The van der Waals surface area contributed by atoms with Gasteiger partial charge in [-0.1, -0.05) is 237 Å². The van der Waals surface area contributed by atoms with Crippen LogP contribution in [0.5, 0.6) is 0 Å². The fraction of sp³-hybridized carbons (Fsp3) is 0. The van der Waals surface area contributed by atoms with Crippen molar-refractivity contribution in [2.45, 2.75) is 0 Å². The number of para-hydroxylation sites is 2. The summed E-state index contributed by atoms with van der Waals surface area (Å²) in [6, 6.07) is 93.1. The van der Waals surface area contributed by atoms with Crippen molar-refractivity contribution in [3.8, 4) is 67.5 Å². The van der Waals surface area contributed by atoms with Gasteiger partial charge in [0.25, 0.3) is 0 Å². The molecule has 0 amide bonds. The van der Waals surface area contributed by atoms with Crippen molar-refractivity contribution in [3.05, 3.63) is 261 Å². The van der Waals surface area contributed by atoms with Crippen LogP contribution in [-0.4, -0.2) is 23.0 Å². The number of benzene rings is 10. The van der Waals surface area contributed by atoms with Gasteiger partial charge in [0.05, 0.1) is 5.56 Å². The summed E-state index contributed by atoms with van der Waals surface area (Å²) in [6.07, 6.45) is 0. The second-order valence-electron chi connectivity index (χ2n) is 17.1. The van der Waals surface area contributed by atoms with E-state index in [4.69, 9.17) is 19.4 Å². The Morgan fingerprint density at radius 2 is 0.721 bits per heavy atom. The minimum Gasteiger partial charge on any atom is -0.455 e. The third-order valence-electron chi connectivity index (χ3n) is 13.1. The highest BCUT2D eigenvalue weighted by molar-refractivity contribution is 7.19. The average molecular weight is 886 g/mol. The van der Waals surface area contributed by atoms with Crippen LogP contribution in [-0.2, 0) is 0 Å². The summed E-state index contributed by atoms with van der Waals surface area (Å²) in [6.45, 7) is 0. The molecule has 0 saturated heterocycles. The molecule has 0 atom stereocenters. The highest BCUT2D eigenvalue weighted by Crippen LogP contribution is 2.44. The summed E-state index contributed by atoms with van der Waals surface area (Å²) in [5.41, 5.74) is 10.6. The number of hydrogen-bond acceptors (Lipinski definition) is 4. The number of nitrogens with zero attached hydrogens (tertiary/aromatic N) is 3. The van der Waals surface area contributed by atoms with E-state index in [-0.39, 0.29) is 0 Å². The first-order valence-corrected chi connectivity index (χ1v) is 25.0. The molecule has 0 bridgehead atoms. The Bertz CT molecular complexity index is 3620. The quantitative estimate of drug-likeness (QED) is 0.101. The lowest BCUT2D eigenvalue weighted by atomic mass is 9.86. The van der Waals surface area contributed by atoms with Gasteiger partial charge in [-0.15, -0.1) is 0 Å². The molecule has 0 radical (unpaired) electrons. The van der Waals surface area contributed by atoms with Crippen molar-refractivity contribution >= 4 is 50.8 Å². The fourth-order valence-corrected chi connectivity index (χ4v) is 14.8. The number of aromatic nitrogens is 3. The Balaban J connectivity index is 1.17. The number of furan rings is 1. The molecule has 320 valence electrons. The van der Waals surface area contributed by atoms with Gasteiger partial charge in [-0.2, -0.15) is 0 Å². The number of rotatable bonds is 10. The largest absolute Gasteiger partial charge is 0.455 e. The molecule has 0 N–H and O–H groups in total. The highest BCUT2D eigenvalue weighted by Gasteiger charge is 2.41. The molecule has 12 rings (SSSR count). The van der Waals surface area contributed by atoms with Gasteiger partial charge in [-0.05, 0) is 72.8 Å². The molecule has 0 unspecified atom stereocenters. The van der Waals surface area contributed by atoms with Gasteiger partial charge >= 0.3 is 0 Å². The van der Waals surface area contributed by atoms with E-state index in [1.165, 1.54) is 20.7 Å². The van der Waals surface area contributed by atoms with Crippen molar-refractivity contribution in [1.29, 1.82) is 0 Å². The second kappa shape index (κ2) is 17.6. The molecule has 10 aromatic carbocycles. The zero-order valence-corrected chi connectivity index (χ0v) is 38.1. The Morgan fingerprint density at radius 1 is 0.279 bits per heavy atom. The van der Waals surface area contributed by atoms with Gasteiger partial charge in [-0.3, -0.25) is 0 Å². The minimum atomic E-state index is -2.88. The Hall–Kier alpha value is -8.77. The average Bonchev–Trinajstić information content (AvgIpc) is 3.81. The van der Waals surface area contributed by atoms with Gasteiger partial charge in [-0.25, -0.2) is 15.0 Å². The number of hydrogen-bond donors (Lipinski definition) is 0. The summed E-state index contributed by atoms with van der Waals surface area (Å²) < 4.78 is 6.61. The highest BCUT2D eigenvalue weighted by atomic mass is 28.3. The van der Waals surface area contributed by atoms with Crippen LogP contribution >= 0.6 is 0 Å². The molecule has 0 aliphatic carbocycles. The third-order valence-corrected chi connectivity index (χ3v) is 17.9. The molecule has 68 heavy (non-hydrogen) atoms. The topological polar surface area (TPSA) is 51.8 Å². The molecule has 2 aromatic heterocycles. The SMILES string of the molecule is c1ccc(-c2cc(-c3cccc([Si](c4ccccc4)(c4ccccc4)c4ccccc4)c3)c(-c3ccccc3)c(-c3nc(-c4ccccc4)nc(-c4cccc5c4oc4ccccc45)n3)c2)cc1. The van der Waals surface area contributed by atoms with E-state index in [2.05, 4.69) is 224 Å². The summed E-state index contributed by atoms with van der Waals surface area (Å²) >= 11 is 0. The maximum absolute atomic E-state index is 6.61. The molecule has 12 aromatic rings. The van der Waals surface area contributed by atoms with E-state index >= 15 is 0 Å². The van der Waals surface area contributed by atoms with Gasteiger partial charge in [0, 0.05) is 27.5 Å². The summed E-state index contributed by atoms with van der Waals surface area (Å²) in [7, 11) is -2.88. The molecule has 4 nitrogen and oxygen atoms in total. The Kier molecular flexibility index (Phi) is 10.5. The lowest BCUT2D eigenvalue weighted by Gasteiger charge is -2.34. The van der Waals surface area contributed by atoms with Crippen LogP contribution in [0.15, 0.2) is 265 Å². The van der Waals surface area contributed by atoms with Crippen molar-refractivity contribution < 1.29 is 4.42 Å². The van der Waals surface area contributed by atoms with Crippen molar-refractivity contribution in [3.63, 3.8) is 0 Å². The molecule has 0 aliphatic rings. The first-order chi connectivity index (χ1) is 33.7. The summed E-state index contributed by atoms with van der Waals surface area (Å²) in [4.78, 5) is 16.1. The number of fused-ring (bicyclic) bond motifs is 3. The van der Waals surface area contributed by atoms with Crippen LogP contribution in [0.3, 0.4) is 0 Å². The van der Waals surface area contributed by atoms with Crippen LogP contribution in [0.4, 0.5) is 0 Å². The molecule has 5 heteroatoms. The Morgan fingerprint density at radius 3 is 1.34 bits per heavy atom. The molecule has 0 spiro atoms. The fourth-order valence-electron chi connectivity index (χ4n) is 10.0. The van der Waals surface area contributed by atoms with Crippen LogP contribution in [0, 0.1) is 0 Å².